The molecule has 1 amide bonds. The number of carbonyl (C=O) groups excluding carboxylic acids is 1. The van der Waals surface area contributed by atoms with Crippen LogP contribution < -0.4 is 0 Å². The van der Waals surface area contributed by atoms with Gasteiger partial charge in [0.15, 0.2) is 0 Å². The van der Waals surface area contributed by atoms with Gasteiger partial charge in [-0.1, -0.05) is 40.1 Å². The van der Waals surface area contributed by atoms with Crippen molar-refractivity contribution in [2.24, 2.45) is 7.05 Å². The molecule has 4 nitrogen and oxygen atoms in total. The lowest BCUT2D eigenvalue weighted by Gasteiger charge is -2.24. The molecular formula is C20H27N3OS2. The number of hydrogen-bond acceptors (Lipinski definition) is 4. The average molecular weight is 390 g/mol. The highest BCUT2D eigenvalue weighted by molar-refractivity contribution is 8.77. The zero-order valence-corrected chi connectivity index (χ0v) is 17.0. The Hall–Kier alpha value is -1.14. The number of likely N-dealkylation sites (tertiary alicyclic amines) is 1. The van der Waals surface area contributed by atoms with Gasteiger partial charge >= 0.3 is 0 Å². The van der Waals surface area contributed by atoms with Crippen LogP contribution in [-0.2, 0) is 11.8 Å². The van der Waals surface area contributed by atoms with E-state index in [9.17, 15) is 4.79 Å². The van der Waals surface area contributed by atoms with Crippen LogP contribution in [0.1, 0.15) is 56.8 Å². The highest BCUT2D eigenvalue weighted by Crippen LogP contribution is 2.40. The molecule has 4 rings (SSSR count). The molecule has 2 aliphatic heterocycles. The summed E-state index contributed by atoms with van der Waals surface area (Å²) in [6.07, 6.45) is 7.59. The molecule has 1 aromatic heterocycles. The Morgan fingerprint density at radius 3 is 2.96 bits per heavy atom. The molecule has 26 heavy (non-hydrogen) atoms. The molecule has 0 saturated carbocycles. The molecule has 2 atom stereocenters. The molecule has 0 aliphatic carbocycles. The maximum absolute atomic E-state index is 12.8. The normalized spacial score (nSPS) is 23.2. The van der Waals surface area contributed by atoms with E-state index in [1.54, 1.807) is 0 Å². The second-order valence-electron chi connectivity index (χ2n) is 7.34. The van der Waals surface area contributed by atoms with Gasteiger partial charge < -0.3 is 9.47 Å². The summed E-state index contributed by atoms with van der Waals surface area (Å²) in [5, 5.41) is 0.814. The van der Waals surface area contributed by atoms with E-state index in [2.05, 4.69) is 28.6 Å². The fourth-order valence-corrected chi connectivity index (χ4v) is 7.18. The molecule has 2 fully saturated rings. The standard InChI is InChI=1S/C20H27N3OS2/c1-22-17-9-4-3-8-16(17)21-20(22)18-10-6-13-23(18)19(24)11-5-2-7-15-12-14-25-26-15/h3-4,8-9,15,18H,2,5-7,10-14H2,1H3/t15-,18-/m0/s1. The van der Waals surface area contributed by atoms with Crippen LogP contribution in [0.25, 0.3) is 11.0 Å². The molecule has 0 unspecified atom stereocenters. The lowest BCUT2D eigenvalue weighted by molar-refractivity contribution is -0.132. The van der Waals surface area contributed by atoms with E-state index < -0.39 is 0 Å². The number of benzene rings is 1. The molecule has 3 heterocycles. The maximum Gasteiger partial charge on any atom is 0.223 e. The van der Waals surface area contributed by atoms with E-state index >= 15 is 0 Å². The van der Waals surface area contributed by atoms with Gasteiger partial charge in [0.1, 0.15) is 5.82 Å². The van der Waals surface area contributed by atoms with Gasteiger partial charge in [0.05, 0.1) is 17.1 Å². The number of imidazole rings is 1. The molecule has 0 N–H and O–H groups in total. The smallest absolute Gasteiger partial charge is 0.223 e. The number of unbranched alkanes of at least 4 members (excludes halogenated alkanes) is 1. The third kappa shape index (κ3) is 3.77. The van der Waals surface area contributed by atoms with Crippen LogP contribution in [0, 0.1) is 0 Å². The van der Waals surface area contributed by atoms with Crippen molar-refractivity contribution < 1.29 is 4.79 Å². The van der Waals surface area contributed by atoms with Crippen LogP contribution in [0.5, 0.6) is 0 Å². The van der Waals surface area contributed by atoms with Crippen molar-refractivity contribution in [3.05, 3.63) is 30.1 Å². The van der Waals surface area contributed by atoms with Crippen LogP contribution >= 0.6 is 21.6 Å². The van der Waals surface area contributed by atoms with Gasteiger partial charge in [0, 0.05) is 31.0 Å². The first kappa shape index (κ1) is 18.2. The summed E-state index contributed by atoms with van der Waals surface area (Å²) in [4.78, 5) is 19.8. The third-order valence-electron chi connectivity index (χ3n) is 5.59. The predicted octanol–water partition coefficient (Wildman–Crippen LogP) is 4.95. The number of para-hydroxylation sites is 2. The second kappa shape index (κ2) is 8.26. The highest BCUT2D eigenvalue weighted by Gasteiger charge is 2.32. The van der Waals surface area contributed by atoms with Crippen LogP contribution in [-0.4, -0.2) is 37.9 Å². The largest absolute Gasteiger partial charge is 0.333 e. The van der Waals surface area contributed by atoms with E-state index in [-0.39, 0.29) is 6.04 Å². The third-order valence-corrected chi connectivity index (χ3v) is 8.59. The van der Waals surface area contributed by atoms with Gasteiger partial charge in [-0.05, 0) is 44.2 Å². The van der Waals surface area contributed by atoms with Crippen LogP contribution in [0.3, 0.4) is 0 Å². The Kier molecular flexibility index (Phi) is 5.79. The first-order valence-corrected chi connectivity index (χ1v) is 12.1. The summed E-state index contributed by atoms with van der Waals surface area (Å²) in [6, 6.07) is 8.37. The van der Waals surface area contributed by atoms with E-state index in [0.717, 1.165) is 47.9 Å². The number of aromatic nitrogens is 2. The van der Waals surface area contributed by atoms with Crippen molar-refractivity contribution >= 4 is 38.5 Å². The summed E-state index contributed by atoms with van der Waals surface area (Å²) >= 11 is 0. The van der Waals surface area contributed by atoms with Crippen molar-refractivity contribution in [3.8, 4) is 0 Å². The van der Waals surface area contributed by atoms with Crippen molar-refractivity contribution in [3.63, 3.8) is 0 Å². The fourth-order valence-electron chi connectivity index (χ4n) is 4.15. The Balaban J connectivity index is 1.37. The molecule has 0 radical (unpaired) electrons. The fraction of sp³-hybridized carbons (Fsp3) is 0.600. The van der Waals surface area contributed by atoms with Gasteiger partial charge in [-0.15, -0.1) is 0 Å². The quantitative estimate of drug-likeness (QED) is 0.517. The summed E-state index contributed by atoms with van der Waals surface area (Å²) in [5.41, 5.74) is 2.17. The summed E-state index contributed by atoms with van der Waals surface area (Å²) < 4.78 is 2.17. The molecule has 140 valence electrons. The SMILES string of the molecule is Cn1c([C@@H]2CCCN2C(=O)CCCC[C@H]2CCSS2)nc2ccccc21. The molecule has 0 bridgehead atoms. The number of fused-ring (bicyclic) bond motifs is 1. The first-order valence-electron chi connectivity index (χ1n) is 9.73. The monoisotopic (exact) mass is 389 g/mol. The number of hydrogen-bond donors (Lipinski definition) is 0. The highest BCUT2D eigenvalue weighted by atomic mass is 33.1. The Morgan fingerprint density at radius 1 is 1.27 bits per heavy atom. The number of nitrogens with zero attached hydrogens (tertiary/aromatic N) is 3. The van der Waals surface area contributed by atoms with Crippen LogP contribution in [0.4, 0.5) is 0 Å². The number of rotatable bonds is 6. The minimum Gasteiger partial charge on any atom is -0.333 e. The number of amides is 1. The van der Waals surface area contributed by atoms with Gasteiger partial charge in [-0.25, -0.2) is 4.98 Å². The molecular weight excluding hydrogens is 362 g/mol. The van der Waals surface area contributed by atoms with Crippen molar-refractivity contribution in [1.29, 1.82) is 0 Å². The van der Waals surface area contributed by atoms with Crippen LogP contribution in [0.2, 0.25) is 0 Å². The Morgan fingerprint density at radius 2 is 2.15 bits per heavy atom. The van der Waals surface area contributed by atoms with Crippen molar-refractivity contribution in [2.45, 2.75) is 56.2 Å². The summed E-state index contributed by atoms with van der Waals surface area (Å²) in [5.74, 6) is 2.64. The van der Waals surface area contributed by atoms with E-state index in [1.807, 2.05) is 33.7 Å². The summed E-state index contributed by atoms with van der Waals surface area (Å²) in [6.45, 7) is 0.877. The van der Waals surface area contributed by atoms with Crippen LogP contribution in [0.15, 0.2) is 24.3 Å². The number of carbonyl (C=O) groups is 1. The zero-order chi connectivity index (χ0) is 17.9. The van der Waals surface area contributed by atoms with Gasteiger partial charge in [0.2, 0.25) is 5.91 Å². The molecule has 2 aliphatic rings. The van der Waals surface area contributed by atoms with E-state index in [4.69, 9.17) is 4.98 Å². The molecule has 0 spiro atoms. The second-order valence-corrected chi connectivity index (χ2v) is 10.1. The lowest BCUT2D eigenvalue weighted by atomic mass is 10.1. The van der Waals surface area contributed by atoms with Gasteiger partial charge in [-0.2, -0.15) is 0 Å². The lowest BCUT2D eigenvalue weighted by Crippen LogP contribution is -2.31. The molecule has 6 heteroatoms. The Labute approximate surface area is 163 Å². The minimum atomic E-state index is 0.140. The molecule has 2 aromatic rings. The number of aryl methyl sites for hydroxylation is 1. The molecule has 2 saturated heterocycles. The average Bonchev–Trinajstić information content (AvgIpc) is 3.39. The van der Waals surface area contributed by atoms with E-state index in [0.29, 0.717) is 12.3 Å². The van der Waals surface area contributed by atoms with Gasteiger partial charge in [-0.3, -0.25) is 4.79 Å². The Bertz CT molecular complexity index is 770. The van der Waals surface area contributed by atoms with E-state index in [1.165, 1.54) is 25.0 Å². The summed E-state index contributed by atoms with van der Waals surface area (Å²) in [7, 11) is 6.11. The predicted molar refractivity (Wildman–Crippen MR) is 111 cm³/mol. The van der Waals surface area contributed by atoms with Crippen molar-refractivity contribution in [2.75, 3.05) is 12.3 Å². The topological polar surface area (TPSA) is 38.1 Å². The zero-order valence-electron chi connectivity index (χ0n) is 15.4. The van der Waals surface area contributed by atoms with Crippen molar-refractivity contribution in [1.82, 2.24) is 14.5 Å². The molecule has 1 aromatic carbocycles. The minimum absolute atomic E-state index is 0.140. The first-order chi connectivity index (χ1) is 12.7. The maximum atomic E-state index is 12.8. The van der Waals surface area contributed by atoms with Gasteiger partial charge in [0.25, 0.3) is 0 Å².